The third-order valence-electron chi connectivity index (χ3n) is 0.544. The Kier molecular flexibility index (Phi) is 7.90. The monoisotopic (exact) mass is 161 g/mol. The van der Waals surface area contributed by atoms with Gasteiger partial charge in [0, 0.05) is 16.8 Å². The molecule has 0 aliphatic carbocycles. The van der Waals surface area contributed by atoms with Crippen molar-refractivity contribution < 1.29 is 21.5 Å². The van der Waals surface area contributed by atoms with Crippen LogP contribution in [0, 0.1) is 0 Å². The molecule has 0 saturated heterocycles. The van der Waals surface area contributed by atoms with Gasteiger partial charge in [-0.15, -0.1) is 0 Å². The minimum absolute atomic E-state index is 0. The fraction of sp³-hybridized carbons (Fsp3) is 1.00. The summed E-state index contributed by atoms with van der Waals surface area (Å²) in [5, 5.41) is 0. The summed E-state index contributed by atoms with van der Waals surface area (Å²) in [5.74, 6) is 0. The van der Waals surface area contributed by atoms with Gasteiger partial charge in [-0.25, -0.2) is 0 Å². The molecule has 1 radical (unpaired) electrons. The maximum Gasteiger partial charge on any atom is 0.0522 e. The minimum Gasteiger partial charge on any atom is -0.376 e. The van der Waals surface area contributed by atoms with Crippen molar-refractivity contribution in [1.29, 1.82) is 0 Å². The third kappa shape index (κ3) is 9.69. The Morgan fingerprint density at radius 1 is 0.875 bits per heavy atom. The second-order valence-electron chi connectivity index (χ2n) is 2.23. The van der Waals surface area contributed by atoms with E-state index in [0.29, 0.717) is 12.2 Å². The molecular formula is C6H14CoO. The molecular weight excluding hydrogens is 147 g/mol. The molecule has 0 atom stereocenters. The molecule has 0 aliphatic rings. The molecule has 0 saturated carbocycles. The van der Waals surface area contributed by atoms with Crippen LogP contribution in [0.2, 0.25) is 0 Å². The van der Waals surface area contributed by atoms with Crippen LogP contribution in [0.1, 0.15) is 27.7 Å². The largest absolute Gasteiger partial charge is 0.376 e. The van der Waals surface area contributed by atoms with E-state index in [1.807, 2.05) is 27.7 Å². The maximum atomic E-state index is 5.25. The van der Waals surface area contributed by atoms with Crippen molar-refractivity contribution >= 4 is 0 Å². The molecule has 8 heavy (non-hydrogen) atoms. The number of ether oxygens (including phenoxy) is 1. The average Bonchev–Trinajstić information content (AvgIpc) is 1.27. The van der Waals surface area contributed by atoms with Crippen LogP contribution in [0.15, 0.2) is 0 Å². The van der Waals surface area contributed by atoms with E-state index in [1.54, 1.807) is 0 Å². The molecule has 0 spiro atoms. The molecule has 53 valence electrons. The van der Waals surface area contributed by atoms with Crippen molar-refractivity contribution in [3.05, 3.63) is 0 Å². The normalized spacial score (nSPS) is 9.75. The Hall–Kier alpha value is 0.466. The topological polar surface area (TPSA) is 9.23 Å². The van der Waals surface area contributed by atoms with Crippen LogP contribution in [0.5, 0.6) is 0 Å². The molecule has 2 heteroatoms. The van der Waals surface area contributed by atoms with Crippen molar-refractivity contribution in [1.82, 2.24) is 0 Å². The first kappa shape index (κ1) is 11.3. The zero-order valence-corrected chi connectivity index (χ0v) is 6.94. The van der Waals surface area contributed by atoms with Crippen molar-refractivity contribution in [2.24, 2.45) is 0 Å². The summed E-state index contributed by atoms with van der Waals surface area (Å²) in [4.78, 5) is 0. The zero-order valence-electron chi connectivity index (χ0n) is 5.90. The van der Waals surface area contributed by atoms with Crippen molar-refractivity contribution in [3.63, 3.8) is 0 Å². The zero-order chi connectivity index (χ0) is 5.86. The Balaban J connectivity index is 0. The molecule has 0 fully saturated rings. The van der Waals surface area contributed by atoms with Crippen LogP contribution in [-0.2, 0) is 21.5 Å². The third-order valence-corrected chi connectivity index (χ3v) is 0.544. The first-order valence-corrected chi connectivity index (χ1v) is 2.78. The van der Waals surface area contributed by atoms with E-state index in [9.17, 15) is 0 Å². The predicted octanol–water partition coefficient (Wildman–Crippen LogP) is 1.82. The van der Waals surface area contributed by atoms with E-state index in [2.05, 4.69) is 0 Å². The van der Waals surface area contributed by atoms with E-state index in [-0.39, 0.29) is 16.8 Å². The Morgan fingerprint density at radius 3 is 1.12 bits per heavy atom. The first-order valence-electron chi connectivity index (χ1n) is 2.78. The fourth-order valence-electron chi connectivity index (χ4n) is 0.544. The first-order chi connectivity index (χ1) is 3.13. The Labute approximate surface area is 62.0 Å². The van der Waals surface area contributed by atoms with Gasteiger partial charge in [0.05, 0.1) is 12.2 Å². The quantitative estimate of drug-likeness (QED) is 0.600. The number of hydrogen-bond donors (Lipinski definition) is 0. The summed E-state index contributed by atoms with van der Waals surface area (Å²) < 4.78 is 5.25. The molecule has 0 aliphatic heterocycles. The van der Waals surface area contributed by atoms with Gasteiger partial charge in [-0.1, -0.05) is 0 Å². The maximum absolute atomic E-state index is 5.25. The van der Waals surface area contributed by atoms with Crippen LogP contribution >= 0.6 is 0 Å². The van der Waals surface area contributed by atoms with Crippen LogP contribution in [0.3, 0.4) is 0 Å². The molecule has 0 heterocycles. The van der Waals surface area contributed by atoms with E-state index >= 15 is 0 Å². The van der Waals surface area contributed by atoms with Crippen molar-refractivity contribution in [2.45, 2.75) is 39.9 Å². The van der Waals surface area contributed by atoms with Gasteiger partial charge < -0.3 is 4.74 Å². The predicted molar refractivity (Wildman–Crippen MR) is 31.4 cm³/mol. The standard InChI is InChI=1S/C6H14O.Co/c1-5(2)7-6(3)4;/h5-6H,1-4H3;. The number of rotatable bonds is 2. The van der Waals surface area contributed by atoms with Gasteiger partial charge in [-0.2, -0.15) is 0 Å². The van der Waals surface area contributed by atoms with Crippen molar-refractivity contribution in [2.75, 3.05) is 0 Å². The second-order valence-corrected chi connectivity index (χ2v) is 2.23. The van der Waals surface area contributed by atoms with Crippen molar-refractivity contribution in [3.8, 4) is 0 Å². The van der Waals surface area contributed by atoms with Gasteiger partial charge in [-0.05, 0) is 27.7 Å². The molecule has 0 aromatic rings. The summed E-state index contributed by atoms with van der Waals surface area (Å²) >= 11 is 0. The molecule has 0 N–H and O–H groups in total. The average molecular weight is 161 g/mol. The van der Waals surface area contributed by atoms with E-state index < -0.39 is 0 Å². The van der Waals surface area contributed by atoms with E-state index in [4.69, 9.17) is 4.74 Å². The van der Waals surface area contributed by atoms with Crippen LogP contribution < -0.4 is 0 Å². The van der Waals surface area contributed by atoms with Gasteiger partial charge in [0.1, 0.15) is 0 Å². The molecule has 0 rings (SSSR count). The molecule has 1 nitrogen and oxygen atoms in total. The second kappa shape index (κ2) is 5.60. The van der Waals surface area contributed by atoms with Gasteiger partial charge in [0.25, 0.3) is 0 Å². The van der Waals surface area contributed by atoms with Gasteiger partial charge in [0.2, 0.25) is 0 Å². The molecule has 0 bridgehead atoms. The van der Waals surface area contributed by atoms with Crippen LogP contribution in [0.25, 0.3) is 0 Å². The SMILES string of the molecule is CC(C)OC(C)C.[Co]. The Morgan fingerprint density at radius 2 is 1.12 bits per heavy atom. The summed E-state index contributed by atoms with van der Waals surface area (Å²) in [6.07, 6.45) is 0.750. The molecule has 0 unspecified atom stereocenters. The molecule has 0 amide bonds. The fourth-order valence-corrected chi connectivity index (χ4v) is 0.544. The van der Waals surface area contributed by atoms with Gasteiger partial charge >= 0.3 is 0 Å². The van der Waals surface area contributed by atoms with E-state index in [1.165, 1.54) is 0 Å². The summed E-state index contributed by atoms with van der Waals surface area (Å²) in [7, 11) is 0. The molecule has 0 aromatic heterocycles. The Bertz CT molecular complexity index is 37.8. The van der Waals surface area contributed by atoms with Gasteiger partial charge in [-0.3, -0.25) is 0 Å². The van der Waals surface area contributed by atoms with Gasteiger partial charge in [0.15, 0.2) is 0 Å². The smallest absolute Gasteiger partial charge is 0.0522 e. The minimum atomic E-state index is 0. The summed E-state index contributed by atoms with van der Waals surface area (Å²) in [6.45, 7) is 8.17. The van der Waals surface area contributed by atoms with Crippen LogP contribution in [-0.4, -0.2) is 12.2 Å². The number of hydrogen-bond acceptors (Lipinski definition) is 1. The summed E-state index contributed by atoms with van der Waals surface area (Å²) in [6, 6.07) is 0. The van der Waals surface area contributed by atoms with Crippen LogP contribution in [0.4, 0.5) is 0 Å². The molecule has 0 aromatic carbocycles. The summed E-state index contributed by atoms with van der Waals surface area (Å²) in [5.41, 5.74) is 0. The van der Waals surface area contributed by atoms with E-state index in [0.717, 1.165) is 0 Å².